The van der Waals surface area contributed by atoms with Crippen molar-refractivity contribution in [2.45, 2.75) is 0 Å². The molecule has 122 valence electrons. The molecule has 1 aromatic carbocycles. The Hall–Kier alpha value is -2.50. The summed E-state index contributed by atoms with van der Waals surface area (Å²) in [6.45, 7) is 0.892. The molecule has 2 heterocycles. The number of pyridine rings is 2. The van der Waals surface area contributed by atoms with Gasteiger partial charge in [0.25, 0.3) is 5.91 Å². The van der Waals surface area contributed by atoms with Crippen LogP contribution in [0, 0.1) is 0 Å². The number of benzene rings is 1. The van der Waals surface area contributed by atoms with Crippen LogP contribution in [0.2, 0.25) is 5.02 Å². The number of amides is 1. The second-order valence-electron chi connectivity index (χ2n) is 5.21. The molecule has 0 saturated carbocycles. The van der Waals surface area contributed by atoms with E-state index < -0.39 is 0 Å². The van der Waals surface area contributed by atoms with Gasteiger partial charge in [0.2, 0.25) is 0 Å². The van der Waals surface area contributed by atoms with Gasteiger partial charge >= 0.3 is 0 Å². The molecule has 0 unspecified atom stereocenters. The molecular formula is C18H16ClN3O2. The number of carbonyl (C=O) groups is 1. The minimum Gasteiger partial charge on any atom is -0.383 e. The topological polar surface area (TPSA) is 64.1 Å². The number of ether oxygens (including phenoxy) is 1. The van der Waals surface area contributed by atoms with E-state index in [4.69, 9.17) is 16.3 Å². The van der Waals surface area contributed by atoms with Crippen LogP contribution in [0.3, 0.4) is 0 Å². The highest BCUT2D eigenvalue weighted by atomic mass is 35.5. The Morgan fingerprint density at radius 3 is 2.92 bits per heavy atom. The minimum absolute atomic E-state index is 0.234. The van der Waals surface area contributed by atoms with Crippen molar-refractivity contribution in [3.8, 4) is 11.1 Å². The van der Waals surface area contributed by atoms with Gasteiger partial charge in [-0.15, -0.1) is 0 Å². The van der Waals surface area contributed by atoms with E-state index in [1.165, 1.54) is 0 Å². The van der Waals surface area contributed by atoms with Crippen molar-refractivity contribution in [3.63, 3.8) is 0 Å². The quantitative estimate of drug-likeness (QED) is 0.723. The summed E-state index contributed by atoms with van der Waals surface area (Å²) >= 11 is 6.08. The number of hydrogen-bond acceptors (Lipinski definition) is 4. The van der Waals surface area contributed by atoms with Gasteiger partial charge in [0.15, 0.2) is 0 Å². The van der Waals surface area contributed by atoms with Crippen LogP contribution < -0.4 is 5.32 Å². The number of halogens is 1. The SMILES string of the molecule is COCCNC(=O)c1ccc2cncc(-c3cccc(Cl)c3)c2n1. The van der Waals surface area contributed by atoms with Crippen molar-refractivity contribution < 1.29 is 9.53 Å². The molecule has 0 spiro atoms. The molecule has 6 heteroatoms. The highest BCUT2D eigenvalue weighted by Gasteiger charge is 2.11. The Balaban J connectivity index is 2.02. The van der Waals surface area contributed by atoms with Gasteiger partial charge < -0.3 is 10.1 Å². The van der Waals surface area contributed by atoms with Crippen LogP contribution in [0.15, 0.2) is 48.8 Å². The van der Waals surface area contributed by atoms with E-state index in [-0.39, 0.29) is 5.91 Å². The van der Waals surface area contributed by atoms with E-state index in [0.717, 1.165) is 16.5 Å². The number of nitrogens with zero attached hydrogens (tertiary/aromatic N) is 2. The van der Waals surface area contributed by atoms with Crippen LogP contribution in [-0.4, -0.2) is 36.1 Å². The summed E-state index contributed by atoms with van der Waals surface area (Å²) in [7, 11) is 1.59. The zero-order valence-electron chi connectivity index (χ0n) is 13.1. The van der Waals surface area contributed by atoms with Gasteiger partial charge in [0.1, 0.15) is 5.69 Å². The second-order valence-corrected chi connectivity index (χ2v) is 5.65. The Morgan fingerprint density at radius 2 is 2.12 bits per heavy atom. The first-order valence-corrected chi connectivity index (χ1v) is 7.84. The predicted octanol–water partition coefficient (Wildman–Crippen LogP) is 3.33. The molecule has 24 heavy (non-hydrogen) atoms. The van der Waals surface area contributed by atoms with Crippen molar-refractivity contribution in [2.75, 3.05) is 20.3 Å². The molecule has 5 nitrogen and oxygen atoms in total. The van der Waals surface area contributed by atoms with Gasteiger partial charge in [-0.2, -0.15) is 0 Å². The van der Waals surface area contributed by atoms with Crippen LogP contribution in [0.1, 0.15) is 10.5 Å². The third-order valence-electron chi connectivity index (χ3n) is 3.56. The highest BCUT2D eigenvalue weighted by molar-refractivity contribution is 6.30. The lowest BCUT2D eigenvalue weighted by atomic mass is 10.0. The Labute approximate surface area is 144 Å². The summed E-state index contributed by atoms with van der Waals surface area (Å²) in [5.74, 6) is -0.234. The molecule has 0 radical (unpaired) electrons. The lowest BCUT2D eigenvalue weighted by Gasteiger charge is -2.08. The lowest BCUT2D eigenvalue weighted by Crippen LogP contribution is -2.27. The van der Waals surface area contributed by atoms with Gasteiger partial charge in [0.05, 0.1) is 12.1 Å². The predicted molar refractivity (Wildman–Crippen MR) is 94.2 cm³/mol. The fourth-order valence-electron chi connectivity index (χ4n) is 2.39. The Morgan fingerprint density at radius 1 is 1.25 bits per heavy atom. The largest absolute Gasteiger partial charge is 0.383 e. The molecule has 2 aromatic heterocycles. The van der Waals surface area contributed by atoms with E-state index >= 15 is 0 Å². The number of aromatic nitrogens is 2. The summed E-state index contributed by atoms with van der Waals surface area (Å²) in [6, 6.07) is 11.0. The molecule has 0 atom stereocenters. The lowest BCUT2D eigenvalue weighted by molar-refractivity contribution is 0.0932. The molecule has 0 aliphatic heterocycles. The number of nitrogens with one attached hydrogen (secondary N) is 1. The van der Waals surface area contributed by atoms with Gasteiger partial charge in [0, 0.05) is 42.0 Å². The normalized spacial score (nSPS) is 10.8. The summed E-state index contributed by atoms with van der Waals surface area (Å²) < 4.78 is 4.93. The maximum atomic E-state index is 12.2. The van der Waals surface area contributed by atoms with Crippen molar-refractivity contribution in [1.82, 2.24) is 15.3 Å². The summed E-state index contributed by atoms with van der Waals surface area (Å²) in [5.41, 5.74) is 2.81. The number of hydrogen-bond donors (Lipinski definition) is 1. The third-order valence-corrected chi connectivity index (χ3v) is 3.79. The molecule has 0 bridgehead atoms. The van der Waals surface area contributed by atoms with Gasteiger partial charge in [-0.3, -0.25) is 9.78 Å². The first-order valence-electron chi connectivity index (χ1n) is 7.47. The summed E-state index contributed by atoms with van der Waals surface area (Å²) in [4.78, 5) is 21.0. The van der Waals surface area contributed by atoms with E-state index in [0.29, 0.717) is 29.4 Å². The molecule has 0 fully saturated rings. The van der Waals surface area contributed by atoms with Gasteiger partial charge in [-0.1, -0.05) is 23.7 Å². The van der Waals surface area contributed by atoms with Crippen molar-refractivity contribution in [1.29, 1.82) is 0 Å². The maximum Gasteiger partial charge on any atom is 0.269 e. The van der Waals surface area contributed by atoms with Crippen LogP contribution >= 0.6 is 11.6 Å². The molecule has 0 aliphatic carbocycles. The standard InChI is InChI=1S/C18H16ClN3O2/c1-24-8-7-21-18(23)16-6-5-13-10-20-11-15(17(13)22-16)12-3-2-4-14(19)9-12/h2-6,9-11H,7-8H2,1H3,(H,21,23). The molecule has 0 saturated heterocycles. The monoisotopic (exact) mass is 341 g/mol. The van der Waals surface area contributed by atoms with Crippen LogP contribution in [0.5, 0.6) is 0 Å². The molecule has 3 aromatic rings. The number of methoxy groups -OCH3 is 1. The van der Waals surface area contributed by atoms with Gasteiger partial charge in [-0.25, -0.2) is 4.98 Å². The zero-order chi connectivity index (χ0) is 16.9. The molecule has 0 aliphatic rings. The minimum atomic E-state index is -0.234. The van der Waals surface area contributed by atoms with Crippen molar-refractivity contribution in [3.05, 3.63) is 59.5 Å². The van der Waals surface area contributed by atoms with E-state index in [1.807, 2.05) is 30.3 Å². The zero-order valence-corrected chi connectivity index (χ0v) is 13.9. The molecular weight excluding hydrogens is 326 g/mol. The van der Waals surface area contributed by atoms with Gasteiger partial charge in [-0.05, 0) is 29.8 Å². The fourth-order valence-corrected chi connectivity index (χ4v) is 2.58. The third kappa shape index (κ3) is 3.53. The highest BCUT2D eigenvalue weighted by Crippen LogP contribution is 2.28. The average molecular weight is 342 g/mol. The van der Waals surface area contributed by atoms with Crippen LogP contribution in [0.25, 0.3) is 22.0 Å². The smallest absolute Gasteiger partial charge is 0.269 e. The second kappa shape index (κ2) is 7.38. The van der Waals surface area contributed by atoms with E-state index in [2.05, 4.69) is 15.3 Å². The van der Waals surface area contributed by atoms with Crippen LogP contribution in [0.4, 0.5) is 0 Å². The first-order chi connectivity index (χ1) is 11.7. The maximum absolute atomic E-state index is 12.2. The molecule has 1 amide bonds. The molecule has 1 N–H and O–H groups in total. The first kappa shape index (κ1) is 16.4. The fraction of sp³-hybridized carbons (Fsp3) is 0.167. The van der Waals surface area contributed by atoms with E-state index in [1.54, 1.807) is 25.6 Å². The Bertz CT molecular complexity index is 883. The van der Waals surface area contributed by atoms with Crippen molar-refractivity contribution >= 4 is 28.4 Å². The number of rotatable bonds is 5. The molecule has 3 rings (SSSR count). The average Bonchev–Trinajstić information content (AvgIpc) is 2.61. The Kier molecular flexibility index (Phi) is 5.03. The number of fused-ring (bicyclic) bond motifs is 1. The van der Waals surface area contributed by atoms with E-state index in [9.17, 15) is 4.79 Å². The summed E-state index contributed by atoms with van der Waals surface area (Å²) in [6.07, 6.45) is 3.45. The van der Waals surface area contributed by atoms with Crippen LogP contribution in [-0.2, 0) is 4.74 Å². The van der Waals surface area contributed by atoms with Crippen molar-refractivity contribution in [2.24, 2.45) is 0 Å². The summed E-state index contributed by atoms with van der Waals surface area (Å²) in [5, 5.41) is 4.27. The number of carbonyl (C=O) groups excluding carboxylic acids is 1.